The molecule has 0 bridgehead atoms. The maximum Gasteiger partial charge on any atom is 0.0474 e. The van der Waals surface area contributed by atoms with E-state index < -0.39 is 0 Å². The molecule has 1 heterocycles. The van der Waals surface area contributed by atoms with Gasteiger partial charge >= 0.3 is 0 Å². The zero-order chi connectivity index (χ0) is 8.97. The minimum Gasteiger partial charge on any atom is -0.396 e. The SMILES string of the molecule is NCC(CO)Cc1cc(Br)cs1. The number of rotatable bonds is 4. The molecule has 0 spiro atoms. The summed E-state index contributed by atoms with van der Waals surface area (Å²) in [5.41, 5.74) is 5.47. The lowest BCUT2D eigenvalue weighted by atomic mass is 10.1. The topological polar surface area (TPSA) is 46.2 Å². The lowest BCUT2D eigenvalue weighted by Gasteiger charge is -2.08. The Morgan fingerprint density at radius 3 is 2.83 bits per heavy atom. The molecular weight excluding hydrogens is 238 g/mol. The van der Waals surface area contributed by atoms with Crippen molar-refractivity contribution in [3.8, 4) is 0 Å². The van der Waals surface area contributed by atoms with Crippen molar-refractivity contribution < 1.29 is 5.11 Å². The van der Waals surface area contributed by atoms with E-state index in [9.17, 15) is 0 Å². The average Bonchev–Trinajstić information content (AvgIpc) is 2.47. The van der Waals surface area contributed by atoms with Crippen molar-refractivity contribution in [1.29, 1.82) is 0 Å². The van der Waals surface area contributed by atoms with Crippen LogP contribution >= 0.6 is 27.3 Å². The van der Waals surface area contributed by atoms with Gasteiger partial charge in [0.2, 0.25) is 0 Å². The zero-order valence-electron chi connectivity index (χ0n) is 6.66. The van der Waals surface area contributed by atoms with Gasteiger partial charge in [0.25, 0.3) is 0 Å². The first kappa shape index (κ1) is 10.2. The Hall–Kier alpha value is 0.1000. The Morgan fingerprint density at radius 2 is 2.42 bits per heavy atom. The first-order valence-corrected chi connectivity index (χ1v) is 5.47. The van der Waals surface area contributed by atoms with Crippen LogP contribution in [-0.4, -0.2) is 18.3 Å². The van der Waals surface area contributed by atoms with Crippen LogP contribution in [0.25, 0.3) is 0 Å². The smallest absolute Gasteiger partial charge is 0.0474 e. The molecule has 0 saturated heterocycles. The van der Waals surface area contributed by atoms with Crippen LogP contribution < -0.4 is 5.73 Å². The van der Waals surface area contributed by atoms with Crippen LogP contribution in [0.5, 0.6) is 0 Å². The van der Waals surface area contributed by atoms with Crippen molar-refractivity contribution in [3.63, 3.8) is 0 Å². The van der Waals surface area contributed by atoms with Gasteiger partial charge in [-0.25, -0.2) is 0 Å². The number of hydrogen-bond acceptors (Lipinski definition) is 3. The predicted octanol–water partition coefficient (Wildman–Crippen LogP) is 1.62. The summed E-state index contributed by atoms with van der Waals surface area (Å²) in [5.74, 6) is 0.204. The lowest BCUT2D eigenvalue weighted by Crippen LogP contribution is -2.19. The Bertz CT molecular complexity index is 235. The number of thiophene rings is 1. The molecule has 0 radical (unpaired) electrons. The normalized spacial score (nSPS) is 13.2. The summed E-state index contributed by atoms with van der Waals surface area (Å²) in [7, 11) is 0. The summed E-state index contributed by atoms with van der Waals surface area (Å²) in [6.45, 7) is 0.720. The molecule has 0 aliphatic heterocycles. The van der Waals surface area contributed by atoms with Crippen LogP contribution in [0.3, 0.4) is 0 Å². The van der Waals surface area contributed by atoms with Gasteiger partial charge in [-0.3, -0.25) is 0 Å². The fourth-order valence-electron chi connectivity index (χ4n) is 0.968. The van der Waals surface area contributed by atoms with E-state index >= 15 is 0 Å². The Kier molecular flexibility index (Phi) is 4.21. The standard InChI is InChI=1S/C8H12BrNOS/c9-7-2-8(12-5-7)1-6(3-10)4-11/h2,5-6,11H,1,3-4,10H2. The van der Waals surface area contributed by atoms with Gasteiger partial charge in [-0.2, -0.15) is 0 Å². The predicted molar refractivity (Wildman–Crippen MR) is 55.4 cm³/mol. The van der Waals surface area contributed by atoms with Gasteiger partial charge in [-0.15, -0.1) is 11.3 Å². The van der Waals surface area contributed by atoms with Gasteiger partial charge in [-0.05, 0) is 40.9 Å². The quantitative estimate of drug-likeness (QED) is 0.853. The second-order valence-corrected chi connectivity index (χ2v) is 4.63. The van der Waals surface area contributed by atoms with E-state index in [-0.39, 0.29) is 12.5 Å². The molecule has 1 aromatic rings. The highest BCUT2D eigenvalue weighted by atomic mass is 79.9. The highest BCUT2D eigenvalue weighted by Gasteiger charge is 2.07. The molecule has 3 N–H and O–H groups in total. The molecule has 2 nitrogen and oxygen atoms in total. The summed E-state index contributed by atoms with van der Waals surface area (Å²) in [6.07, 6.45) is 0.878. The molecule has 4 heteroatoms. The third-order valence-electron chi connectivity index (χ3n) is 1.70. The molecule has 0 aliphatic rings. The lowest BCUT2D eigenvalue weighted by molar-refractivity contribution is 0.230. The Labute approximate surface area is 84.5 Å². The van der Waals surface area contributed by atoms with E-state index in [1.54, 1.807) is 11.3 Å². The monoisotopic (exact) mass is 249 g/mol. The van der Waals surface area contributed by atoms with E-state index in [0.29, 0.717) is 6.54 Å². The molecule has 0 saturated carbocycles. The fraction of sp³-hybridized carbons (Fsp3) is 0.500. The number of aliphatic hydroxyl groups excluding tert-OH is 1. The van der Waals surface area contributed by atoms with Gasteiger partial charge in [0.15, 0.2) is 0 Å². The van der Waals surface area contributed by atoms with Crippen LogP contribution in [0.4, 0.5) is 0 Å². The second-order valence-electron chi connectivity index (χ2n) is 2.72. The van der Waals surface area contributed by atoms with Crippen LogP contribution in [-0.2, 0) is 6.42 Å². The molecular formula is C8H12BrNOS. The second kappa shape index (κ2) is 4.97. The molecule has 1 atom stereocenters. The molecule has 0 aliphatic carbocycles. The molecule has 1 aromatic heterocycles. The maximum atomic E-state index is 8.91. The number of hydrogen-bond donors (Lipinski definition) is 2. The van der Waals surface area contributed by atoms with Crippen molar-refractivity contribution in [2.45, 2.75) is 6.42 Å². The molecule has 0 aromatic carbocycles. The molecule has 1 unspecified atom stereocenters. The first-order chi connectivity index (χ1) is 5.76. The minimum atomic E-state index is 0.173. The largest absolute Gasteiger partial charge is 0.396 e. The highest BCUT2D eigenvalue weighted by molar-refractivity contribution is 9.10. The molecule has 12 heavy (non-hydrogen) atoms. The fourth-order valence-corrected chi connectivity index (χ4v) is 2.53. The van der Waals surface area contributed by atoms with Crippen molar-refractivity contribution in [1.82, 2.24) is 0 Å². The van der Waals surface area contributed by atoms with E-state index in [1.807, 2.05) is 5.38 Å². The molecule has 1 rings (SSSR count). The first-order valence-electron chi connectivity index (χ1n) is 3.80. The summed E-state index contributed by atoms with van der Waals surface area (Å²) < 4.78 is 1.11. The highest BCUT2D eigenvalue weighted by Crippen LogP contribution is 2.21. The summed E-state index contributed by atoms with van der Waals surface area (Å²) in [4.78, 5) is 1.27. The van der Waals surface area contributed by atoms with Crippen LogP contribution in [0.2, 0.25) is 0 Å². The Morgan fingerprint density at radius 1 is 1.67 bits per heavy atom. The molecule has 68 valence electrons. The number of aliphatic hydroxyl groups is 1. The summed E-state index contributed by atoms with van der Waals surface area (Å²) in [6, 6.07) is 2.07. The zero-order valence-corrected chi connectivity index (χ0v) is 9.07. The maximum absolute atomic E-state index is 8.91. The minimum absolute atomic E-state index is 0.173. The van der Waals surface area contributed by atoms with Crippen molar-refractivity contribution in [2.75, 3.05) is 13.2 Å². The summed E-state index contributed by atoms with van der Waals surface area (Å²) in [5, 5.41) is 10.9. The third kappa shape index (κ3) is 2.86. The van der Waals surface area contributed by atoms with E-state index in [1.165, 1.54) is 4.88 Å². The van der Waals surface area contributed by atoms with Crippen molar-refractivity contribution >= 4 is 27.3 Å². The average molecular weight is 250 g/mol. The van der Waals surface area contributed by atoms with Gasteiger partial charge in [-0.1, -0.05) is 0 Å². The van der Waals surface area contributed by atoms with E-state index in [0.717, 1.165) is 10.9 Å². The third-order valence-corrected chi connectivity index (χ3v) is 3.42. The van der Waals surface area contributed by atoms with Crippen LogP contribution in [0, 0.1) is 5.92 Å². The van der Waals surface area contributed by atoms with Crippen molar-refractivity contribution in [3.05, 3.63) is 20.8 Å². The number of nitrogens with two attached hydrogens (primary N) is 1. The van der Waals surface area contributed by atoms with E-state index in [2.05, 4.69) is 22.0 Å². The van der Waals surface area contributed by atoms with Gasteiger partial charge in [0, 0.05) is 21.3 Å². The van der Waals surface area contributed by atoms with Crippen LogP contribution in [0.15, 0.2) is 15.9 Å². The molecule has 0 fully saturated rings. The van der Waals surface area contributed by atoms with Crippen LogP contribution in [0.1, 0.15) is 4.88 Å². The Balaban J connectivity index is 2.50. The number of halogens is 1. The van der Waals surface area contributed by atoms with Gasteiger partial charge in [0.1, 0.15) is 0 Å². The summed E-state index contributed by atoms with van der Waals surface area (Å²) >= 11 is 5.08. The van der Waals surface area contributed by atoms with Gasteiger partial charge in [0.05, 0.1) is 0 Å². The van der Waals surface area contributed by atoms with Crippen molar-refractivity contribution in [2.24, 2.45) is 11.7 Å². The molecule has 0 amide bonds. The van der Waals surface area contributed by atoms with Gasteiger partial charge < -0.3 is 10.8 Å². The van der Waals surface area contributed by atoms with E-state index in [4.69, 9.17) is 10.8 Å².